The van der Waals surface area contributed by atoms with Gasteiger partial charge in [-0.15, -0.1) is 0 Å². The summed E-state index contributed by atoms with van der Waals surface area (Å²) in [6.07, 6.45) is 0.651. The first-order valence-corrected chi connectivity index (χ1v) is 5.62. The van der Waals surface area contributed by atoms with Crippen molar-refractivity contribution >= 4 is 17.5 Å². The topological polar surface area (TPSA) is 85.6 Å². The van der Waals surface area contributed by atoms with Crippen molar-refractivity contribution in [3.63, 3.8) is 0 Å². The van der Waals surface area contributed by atoms with Crippen molar-refractivity contribution in [2.24, 2.45) is 11.0 Å². The average Bonchev–Trinajstić information content (AvgIpc) is 2.35. The summed E-state index contributed by atoms with van der Waals surface area (Å²) in [7, 11) is 0. The zero-order chi connectivity index (χ0) is 12.8. The molecule has 0 aromatic rings. The van der Waals surface area contributed by atoms with Crippen LogP contribution in [0.15, 0.2) is 5.10 Å². The van der Waals surface area contributed by atoms with Crippen LogP contribution in [-0.4, -0.2) is 35.5 Å². The molecule has 6 nitrogen and oxygen atoms in total. The molecule has 1 heterocycles. The van der Waals surface area contributed by atoms with E-state index >= 15 is 0 Å². The number of hydrogen-bond donors (Lipinski definition) is 1. The number of hydrogen-bond acceptors (Lipinski definition) is 4. The number of hydrazone groups is 1. The molecule has 0 aromatic carbocycles. The molecule has 1 atom stereocenters. The van der Waals surface area contributed by atoms with Crippen LogP contribution < -0.4 is 5.43 Å². The summed E-state index contributed by atoms with van der Waals surface area (Å²) in [5, 5.41) is 12.5. The highest BCUT2D eigenvalue weighted by Crippen LogP contribution is 2.06. The summed E-state index contributed by atoms with van der Waals surface area (Å²) in [5.41, 5.74) is 2.65. The van der Waals surface area contributed by atoms with Crippen LogP contribution in [0.4, 0.5) is 0 Å². The van der Waals surface area contributed by atoms with Gasteiger partial charge in [-0.2, -0.15) is 10.4 Å². The molecule has 1 aliphatic heterocycles. The standard InChI is InChI=1S/C11H16N4O2/c1-3-15(7-8(2)6-12)11(17)9-4-5-10(16)14-13-9/h8H,3-5,7H2,1-2H3,(H,14,16). The van der Waals surface area contributed by atoms with Crippen molar-refractivity contribution in [1.82, 2.24) is 10.3 Å². The molecule has 0 saturated carbocycles. The number of nitrogens with one attached hydrogen (secondary N) is 1. The molecule has 2 amide bonds. The van der Waals surface area contributed by atoms with Crippen LogP contribution in [0.5, 0.6) is 0 Å². The molecule has 0 spiro atoms. The molecule has 17 heavy (non-hydrogen) atoms. The Morgan fingerprint density at radius 3 is 2.82 bits per heavy atom. The van der Waals surface area contributed by atoms with Gasteiger partial charge in [0.1, 0.15) is 5.71 Å². The third kappa shape index (κ3) is 3.55. The lowest BCUT2D eigenvalue weighted by Crippen LogP contribution is -2.41. The predicted molar refractivity (Wildman–Crippen MR) is 61.8 cm³/mol. The van der Waals surface area contributed by atoms with Gasteiger partial charge in [0, 0.05) is 25.9 Å². The van der Waals surface area contributed by atoms with Gasteiger partial charge in [-0.05, 0) is 13.8 Å². The Bertz CT molecular complexity index is 383. The molecule has 1 N–H and O–H groups in total. The second-order valence-electron chi connectivity index (χ2n) is 3.97. The van der Waals surface area contributed by atoms with Crippen molar-refractivity contribution in [1.29, 1.82) is 5.26 Å². The highest BCUT2D eigenvalue weighted by molar-refractivity contribution is 6.39. The number of rotatable bonds is 4. The van der Waals surface area contributed by atoms with E-state index in [1.165, 1.54) is 0 Å². The summed E-state index contributed by atoms with van der Waals surface area (Å²) in [5.74, 6) is -0.581. The number of amides is 2. The predicted octanol–water partition coefficient (Wildman–Crippen LogP) is 0.261. The largest absolute Gasteiger partial charge is 0.337 e. The van der Waals surface area contributed by atoms with Gasteiger partial charge in [0.15, 0.2) is 0 Å². The van der Waals surface area contributed by atoms with Gasteiger partial charge in [-0.1, -0.05) is 0 Å². The molecule has 0 fully saturated rings. The molecule has 1 rings (SSSR count). The van der Waals surface area contributed by atoms with E-state index in [0.29, 0.717) is 25.2 Å². The number of nitriles is 1. The van der Waals surface area contributed by atoms with Gasteiger partial charge in [-0.25, -0.2) is 5.43 Å². The van der Waals surface area contributed by atoms with E-state index in [1.807, 2.05) is 6.92 Å². The maximum atomic E-state index is 12.0. The molecule has 0 radical (unpaired) electrons. The van der Waals surface area contributed by atoms with Crippen LogP contribution in [0, 0.1) is 17.2 Å². The molecular weight excluding hydrogens is 220 g/mol. The Kier molecular flexibility index (Phi) is 4.64. The van der Waals surface area contributed by atoms with Gasteiger partial charge in [-0.3, -0.25) is 9.59 Å². The van der Waals surface area contributed by atoms with Crippen molar-refractivity contribution in [3.05, 3.63) is 0 Å². The average molecular weight is 236 g/mol. The Labute approximate surface area is 100 Å². The highest BCUT2D eigenvalue weighted by atomic mass is 16.2. The SMILES string of the molecule is CCN(CC(C)C#N)C(=O)C1=NNC(=O)CC1. The lowest BCUT2D eigenvalue weighted by Gasteiger charge is -2.23. The first kappa shape index (κ1) is 13.2. The van der Waals surface area contributed by atoms with E-state index in [1.54, 1.807) is 11.8 Å². The number of carbonyl (C=O) groups excluding carboxylic acids is 2. The molecular formula is C11H16N4O2. The minimum atomic E-state index is -0.210. The normalized spacial score (nSPS) is 16.5. The maximum Gasteiger partial charge on any atom is 0.270 e. The van der Waals surface area contributed by atoms with E-state index in [9.17, 15) is 9.59 Å². The fourth-order valence-corrected chi connectivity index (χ4v) is 1.54. The van der Waals surface area contributed by atoms with Crippen LogP contribution >= 0.6 is 0 Å². The van der Waals surface area contributed by atoms with Gasteiger partial charge in [0.2, 0.25) is 5.91 Å². The molecule has 0 bridgehead atoms. The van der Waals surface area contributed by atoms with Crippen molar-refractivity contribution < 1.29 is 9.59 Å². The molecule has 1 aliphatic rings. The molecule has 0 saturated heterocycles. The van der Waals surface area contributed by atoms with Crippen molar-refractivity contribution in [3.8, 4) is 6.07 Å². The van der Waals surface area contributed by atoms with Crippen molar-refractivity contribution in [2.75, 3.05) is 13.1 Å². The van der Waals surface area contributed by atoms with E-state index in [2.05, 4.69) is 16.6 Å². The quantitative estimate of drug-likeness (QED) is 0.759. The van der Waals surface area contributed by atoms with Crippen LogP contribution in [-0.2, 0) is 9.59 Å². The van der Waals surface area contributed by atoms with E-state index in [-0.39, 0.29) is 24.2 Å². The molecule has 1 unspecified atom stereocenters. The van der Waals surface area contributed by atoms with Gasteiger partial charge in [0.05, 0.1) is 12.0 Å². The summed E-state index contributed by atoms with van der Waals surface area (Å²) in [6, 6.07) is 2.09. The van der Waals surface area contributed by atoms with Crippen LogP contribution in [0.25, 0.3) is 0 Å². The van der Waals surface area contributed by atoms with Crippen molar-refractivity contribution in [2.45, 2.75) is 26.7 Å². The number of carbonyl (C=O) groups is 2. The number of nitrogens with zero attached hydrogens (tertiary/aromatic N) is 3. The second-order valence-corrected chi connectivity index (χ2v) is 3.97. The Hall–Kier alpha value is -1.90. The highest BCUT2D eigenvalue weighted by Gasteiger charge is 2.23. The zero-order valence-corrected chi connectivity index (χ0v) is 10.1. The van der Waals surface area contributed by atoms with Gasteiger partial charge < -0.3 is 4.90 Å². The fraction of sp³-hybridized carbons (Fsp3) is 0.636. The van der Waals surface area contributed by atoms with Gasteiger partial charge in [0.25, 0.3) is 5.91 Å². The monoisotopic (exact) mass is 236 g/mol. The van der Waals surface area contributed by atoms with Crippen LogP contribution in [0.2, 0.25) is 0 Å². The third-order valence-corrected chi connectivity index (χ3v) is 2.53. The van der Waals surface area contributed by atoms with Gasteiger partial charge >= 0.3 is 0 Å². The first-order chi connectivity index (χ1) is 8.08. The fourth-order valence-electron chi connectivity index (χ4n) is 1.54. The molecule has 6 heteroatoms. The minimum Gasteiger partial charge on any atom is -0.337 e. The summed E-state index contributed by atoms with van der Waals surface area (Å²) in [6.45, 7) is 4.53. The Balaban J connectivity index is 2.67. The Morgan fingerprint density at radius 1 is 1.65 bits per heavy atom. The second kappa shape index (κ2) is 5.99. The zero-order valence-electron chi connectivity index (χ0n) is 10.1. The molecule has 92 valence electrons. The van der Waals surface area contributed by atoms with E-state index < -0.39 is 0 Å². The first-order valence-electron chi connectivity index (χ1n) is 5.62. The summed E-state index contributed by atoms with van der Waals surface area (Å²) < 4.78 is 0. The third-order valence-electron chi connectivity index (χ3n) is 2.53. The van der Waals surface area contributed by atoms with E-state index in [4.69, 9.17) is 5.26 Å². The van der Waals surface area contributed by atoms with Crippen LogP contribution in [0.3, 0.4) is 0 Å². The molecule has 0 aliphatic carbocycles. The van der Waals surface area contributed by atoms with Crippen LogP contribution in [0.1, 0.15) is 26.7 Å². The lowest BCUT2D eigenvalue weighted by atomic mass is 10.1. The lowest BCUT2D eigenvalue weighted by molar-refractivity contribution is -0.124. The molecule has 0 aromatic heterocycles. The maximum absolute atomic E-state index is 12.0. The summed E-state index contributed by atoms with van der Waals surface area (Å²) >= 11 is 0. The minimum absolute atomic E-state index is 0.171. The van der Waals surface area contributed by atoms with E-state index in [0.717, 1.165) is 0 Å². The Morgan fingerprint density at radius 2 is 2.35 bits per heavy atom. The summed E-state index contributed by atoms with van der Waals surface area (Å²) in [4.78, 5) is 24.5. The smallest absolute Gasteiger partial charge is 0.270 e.